The third-order valence-corrected chi connectivity index (χ3v) is 4.86. The van der Waals surface area contributed by atoms with Crippen molar-refractivity contribution in [2.45, 2.75) is 59.9 Å². The van der Waals surface area contributed by atoms with E-state index in [9.17, 15) is 0 Å². The molecule has 0 aliphatic rings. The summed E-state index contributed by atoms with van der Waals surface area (Å²) in [6, 6.07) is 5.12. The highest BCUT2D eigenvalue weighted by molar-refractivity contribution is 7.99. The van der Waals surface area contributed by atoms with Crippen molar-refractivity contribution in [2.24, 2.45) is 0 Å². The molecule has 0 spiro atoms. The number of rotatable bonds is 9. The minimum absolute atomic E-state index is 0.493. The zero-order chi connectivity index (χ0) is 15.0. The van der Waals surface area contributed by atoms with Crippen LogP contribution in [0.15, 0.2) is 12.1 Å². The molecule has 20 heavy (non-hydrogen) atoms. The van der Waals surface area contributed by atoms with Crippen LogP contribution in [-0.2, 0) is 0 Å². The highest BCUT2D eigenvalue weighted by atomic mass is 32.2. The Hall–Kier alpha value is -0.470. The quantitative estimate of drug-likeness (QED) is 0.629. The molecule has 1 nitrogen and oxygen atoms in total. The Labute approximate surface area is 129 Å². The second kappa shape index (κ2) is 9.46. The first-order valence-electron chi connectivity index (χ1n) is 7.99. The van der Waals surface area contributed by atoms with Crippen LogP contribution in [0.3, 0.4) is 0 Å². The van der Waals surface area contributed by atoms with Gasteiger partial charge in [0, 0.05) is 11.8 Å². The summed E-state index contributed by atoms with van der Waals surface area (Å²) < 4.78 is 0. The topological polar surface area (TPSA) is 12.0 Å². The van der Waals surface area contributed by atoms with E-state index in [1.165, 1.54) is 53.0 Å². The molecule has 0 amide bonds. The van der Waals surface area contributed by atoms with Gasteiger partial charge in [0.1, 0.15) is 0 Å². The van der Waals surface area contributed by atoms with Crippen molar-refractivity contribution in [2.75, 3.05) is 18.1 Å². The van der Waals surface area contributed by atoms with E-state index in [1.807, 2.05) is 0 Å². The molecule has 0 bridgehead atoms. The maximum atomic E-state index is 3.67. The molecule has 1 N–H and O–H groups in total. The molecule has 2 heteroatoms. The SMILES string of the molecule is CCCCCSCC(NCC)c1c(C)cc(C)cc1C. The van der Waals surface area contributed by atoms with Gasteiger partial charge in [-0.2, -0.15) is 11.8 Å². The lowest BCUT2D eigenvalue weighted by atomic mass is 9.95. The Morgan fingerprint density at radius 3 is 2.25 bits per heavy atom. The first-order valence-corrected chi connectivity index (χ1v) is 9.14. The second-order valence-corrected chi connectivity index (χ2v) is 6.85. The molecule has 0 aliphatic carbocycles. The average Bonchev–Trinajstić information content (AvgIpc) is 2.37. The Bertz CT molecular complexity index is 377. The summed E-state index contributed by atoms with van der Waals surface area (Å²) >= 11 is 2.10. The van der Waals surface area contributed by atoms with Gasteiger partial charge >= 0.3 is 0 Å². The first kappa shape index (κ1) is 17.6. The van der Waals surface area contributed by atoms with E-state index < -0.39 is 0 Å². The molecule has 1 unspecified atom stereocenters. The molecule has 1 aromatic rings. The summed E-state index contributed by atoms with van der Waals surface area (Å²) in [6.45, 7) is 12.2. The van der Waals surface area contributed by atoms with Gasteiger partial charge < -0.3 is 5.32 Å². The van der Waals surface area contributed by atoms with E-state index in [4.69, 9.17) is 0 Å². The van der Waals surface area contributed by atoms with Gasteiger partial charge in [-0.05, 0) is 56.2 Å². The predicted molar refractivity (Wildman–Crippen MR) is 93.9 cm³/mol. The minimum Gasteiger partial charge on any atom is -0.309 e. The number of thioether (sulfide) groups is 1. The average molecular weight is 294 g/mol. The van der Waals surface area contributed by atoms with Crippen molar-refractivity contribution in [3.8, 4) is 0 Å². The van der Waals surface area contributed by atoms with Crippen molar-refractivity contribution in [3.63, 3.8) is 0 Å². The van der Waals surface area contributed by atoms with Gasteiger partial charge in [-0.3, -0.25) is 0 Å². The lowest BCUT2D eigenvalue weighted by Crippen LogP contribution is -2.25. The van der Waals surface area contributed by atoms with E-state index in [-0.39, 0.29) is 0 Å². The van der Waals surface area contributed by atoms with Crippen LogP contribution in [-0.4, -0.2) is 18.1 Å². The van der Waals surface area contributed by atoms with Crippen LogP contribution in [0, 0.1) is 20.8 Å². The van der Waals surface area contributed by atoms with E-state index in [2.05, 4.69) is 63.8 Å². The third kappa shape index (κ3) is 5.49. The lowest BCUT2D eigenvalue weighted by Gasteiger charge is -2.23. The Morgan fingerprint density at radius 1 is 1.05 bits per heavy atom. The maximum absolute atomic E-state index is 3.67. The molecule has 1 atom stereocenters. The molecular formula is C18H31NS. The van der Waals surface area contributed by atoms with Crippen LogP contribution >= 0.6 is 11.8 Å². The number of aryl methyl sites for hydroxylation is 3. The number of hydrogen-bond donors (Lipinski definition) is 1. The smallest absolute Gasteiger partial charge is 0.0417 e. The van der Waals surface area contributed by atoms with Gasteiger partial charge in [-0.15, -0.1) is 0 Å². The lowest BCUT2D eigenvalue weighted by molar-refractivity contribution is 0.599. The Morgan fingerprint density at radius 2 is 1.70 bits per heavy atom. The summed E-state index contributed by atoms with van der Waals surface area (Å²) in [5.74, 6) is 2.47. The number of unbranched alkanes of at least 4 members (excludes halogenated alkanes) is 2. The van der Waals surface area contributed by atoms with Crippen molar-refractivity contribution in [3.05, 3.63) is 34.4 Å². The van der Waals surface area contributed by atoms with Gasteiger partial charge in [0.25, 0.3) is 0 Å². The molecule has 0 aliphatic heterocycles. The molecule has 0 saturated carbocycles. The minimum atomic E-state index is 0.493. The van der Waals surface area contributed by atoms with Crippen molar-refractivity contribution >= 4 is 11.8 Å². The molecule has 0 radical (unpaired) electrons. The van der Waals surface area contributed by atoms with E-state index in [0.29, 0.717) is 6.04 Å². The van der Waals surface area contributed by atoms with Crippen LogP contribution in [0.25, 0.3) is 0 Å². The van der Waals surface area contributed by atoms with Gasteiger partial charge in [0.15, 0.2) is 0 Å². The Kier molecular flexibility index (Phi) is 8.32. The highest BCUT2D eigenvalue weighted by Crippen LogP contribution is 2.26. The van der Waals surface area contributed by atoms with Crippen LogP contribution in [0.2, 0.25) is 0 Å². The summed E-state index contributed by atoms with van der Waals surface area (Å²) in [5, 5.41) is 3.67. The fraction of sp³-hybridized carbons (Fsp3) is 0.667. The van der Waals surface area contributed by atoms with Gasteiger partial charge in [0.2, 0.25) is 0 Å². The Balaban J connectivity index is 2.70. The van der Waals surface area contributed by atoms with Crippen LogP contribution in [0.4, 0.5) is 0 Å². The van der Waals surface area contributed by atoms with Crippen LogP contribution < -0.4 is 5.32 Å². The fourth-order valence-electron chi connectivity index (χ4n) is 2.89. The molecule has 1 rings (SSSR count). The second-order valence-electron chi connectivity index (χ2n) is 5.70. The normalized spacial score (nSPS) is 12.7. The predicted octanol–water partition coefficient (Wildman–Crippen LogP) is 5.19. The largest absolute Gasteiger partial charge is 0.309 e. The molecule has 1 aromatic carbocycles. The molecular weight excluding hydrogens is 262 g/mol. The highest BCUT2D eigenvalue weighted by Gasteiger charge is 2.15. The number of nitrogens with one attached hydrogen (secondary N) is 1. The van der Waals surface area contributed by atoms with E-state index in [1.54, 1.807) is 0 Å². The van der Waals surface area contributed by atoms with Gasteiger partial charge in [-0.1, -0.05) is 44.4 Å². The standard InChI is InChI=1S/C18H31NS/c1-6-8-9-10-20-13-17(19-7-2)18-15(4)11-14(3)12-16(18)5/h11-12,17,19H,6-10,13H2,1-5H3. The van der Waals surface area contributed by atoms with Crippen molar-refractivity contribution < 1.29 is 0 Å². The van der Waals surface area contributed by atoms with E-state index in [0.717, 1.165) is 6.54 Å². The fourth-order valence-corrected chi connectivity index (χ4v) is 3.98. The monoisotopic (exact) mass is 293 g/mol. The van der Waals surface area contributed by atoms with E-state index >= 15 is 0 Å². The maximum Gasteiger partial charge on any atom is 0.0417 e. The molecule has 0 saturated heterocycles. The molecule has 114 valence electrons. The van der Waals surface area contributed by atoms with Crippen LogP contribution in [0.1, 0.15) is 61.4 Å². The zero-order valence-electron chi connectivity index (χ0n) is 13.9. The molecule has 0 heterocycles. The van der Waals surface area contributed by atoms with Gasteiger partial charge in [-0.25, -0.2) is 0 Å². The summed E-state index contributed by atoms with van der Waals surface area (Å²) in [7, 11) is 0. The summed E-state index contributed by atoms with van der Waals surface area (Å²) in [4.78, 5) is 0. The summed E-state index contributed by atoms with van der Waals surface area (Å²) in [5.41, 5.74) is 5.75. The van der Waals surface area contributed by atoms with Crippen molar-refractivity contribution in [1.82, 2.24) is 5.32 Å². The first-order chi connectivity index (χ1) is 9.60. The number of hydrogen-bond acceptors (Lipinski definition) is 2. The van der Waals surface area contributed by atoms with Gasteiger partial charge in [0.05, 0.1) is 0 Å². The molecule has 0 aromatic heterocycles. The van der Waals surface area contributed by atoms with Crippen molar-refractivity contribution in [1.29, 1.82) is 0 Å². The zero-order valence-corrected chi connectivity index (χ0v) is 14.7. The van der Waals surface area contributed by atoms with Crippen LogP contribution in [0.5, 0.6) is 0 Å². The molecule has 0 fully saturated rings. The summed E-state index contributed by atoms with van der Waals surface area (Å²) in [6.07, 6.45) is 4.03. The number of benzene rings is 1. The third-order valence-electron chi connectivity index (χ3n) is 3.71.